The Balaban J connectivity index is 2.30. The SMILES string of the molecule is C=C(C(=O)OCC)c1c(OCOC)cccc1OCc1ccccc1. The number of hydrogen-bond donors (Lipinski definition) is 0. The lowest BCUT2D eigenvalue weighted by Crippen LogP contribution is -2.10. The Labute approximate surface area is 147 Å². The van der Waals surface area contributed by atoms with Crippen LogP contribution >= 0.6 is 0 Å². The van der Waals surface area contributed by atoms with Crippen molar-refractivity contribution in [2.75, 3.05) is 20.5 Å². The highest BCUT2D eigenvalue weighted by molar-refractivity contribution is 6.17. The number of hydrogen-bond acceptors (Lipinski definition) is 5. The second-order valence-corrected chi connectivity index (χ2v) is 5.15. The van der Waals surface area contributed by atoms with E-state index in [1.807, 2.05) is 30.3 Å². The summed E-state index contributed by atoms with van der Waals surface area (Å²) in [5.41, 5.74) is 1.66. The van der Waals surface area contributed by atoms with E-state index in [1.54, 1.807) is 25.1 Å². The molecule has 0 unspecified atom stereocenters. The average Bonchev–Trinajstić information content (AvgIpc) is 2.65. The number of rotatable bonds is 9. The minimum Gasteiger partial charge on any atom is -0.488 e. The first-order valence-corrected chi connectivity index (χ1v) is 7.95. The van der Waals surface area contributed by atoms with Crippen molar-refractivity contribution in [1.82, 2.24) is 0 Å². The summed E-state index contributed by atoms with van der Waals surface area (Å²) in [6.07, 6.45) is 0. The minimum absolute atomic E-state index is 0.0469. The summed E-state index contributed by atoms with van der Waals surface area (Å²) in [6, 6.07) is 15.0. The topological polar surface area (TPSA) is 54.0 Å². The lowest BCUT2D eigenvalue weighted by molar-refractivity contribution is -0.136. The molecule has 0 radical (unpaired) electrons. The molecule has 2 aromatic rings. The van der Waals surface area contributed by atoms with E-state index < -0.39 is 5.97 Å². The normalized spacial score (nSPS) is 10.2. The van der Waals surface area contributed by atoms with E-state index in [1.165, 1.54) is 7.11 Å². The van der Waals surface area contributed by atoms with Crippen LogP contribution in [0.1, 0.15) is 18.1 Å². The van der Waals surface area contributed by atoms with Gasteiger partial charge in [-0.25, -0.2) is 4.79 Å². The van der Waals surface area contributed by atoms with Crippen molar-refractivity contribution in [2.45, 2.75) is 13.5 Å². The molecule has 132 valence electrons. The first-order chi connectivity index (χ1) is 12.2. The van der Waals surface area contributed by atoms with Crippen molar-refractivity contribution >= 4 is 11.5 Å². The highest BCUT2D eigenvalue weighted by Crippen LogP contribution is 2.35. The summed E-state index contributed by atoms with van der Waals surface area (Å²) >= 11 is 0. The molecule has 0 atom stereocenters. The van der Waals surface area contributed by atoms with Crippen LogP contribution < -0.4 is 9.47 Å². The van der Waals surface area contributed by atoms with Crippen LogP contribution in [0.2, 0.25) is 0 Å². The van der Waals surface area contributed by atoms with Gasteiger partial charge < -0.3 is 18.9 Å². The molecule has 0 heterocycles. The van der Waals surface area contributed by atoms with E-state index in [9.17, 15) is 4.79 Å². The number of carbonyl (C=O) groups excluding carboxylic acids is 1. The Morgan fingerprint density at radius 1 is 1.00 bits per heavy atom. The van der Waals surface area contributed by atoms with Crippen LogP contribution in [-0.4, -0.2) is 26.5 Å². The Morgan fingerprint density at radius 2 is 1.68 bits per heavy atom. The summed E-state index contributed by atoms with van der Waals surface area (Å²) < 4.78 is 21.5. The Kier molecular flexibility index (Phi) is 7.04. The van der Waals surface area contributed by atoms with Crippen molar-refractivity contribution in [3.63, 3.8) is 0 Å². The van der Waals surface area contributed by atoms with Crippen molar-refractivity contribution in [1.29, 1.82) is 0 Å². The number of ether oxygens (including phenoxy) is 4. The van der Waals surface area contributed by atoms with E-state index in [0.717, 1.165) is 5.56 Å². The number of benzene rings is 2. The van der Waals surface area contributed by atoms with E-state index in [-0.39, 0.29) is 19.0 Å². The van der Waals surface area contributed by atoms with Gasteiger partial charge >= 0.3 is 5.97 Å². The molecule has 25 heavy (non-hydrogen) atoms. The lowest BCUT2D eigenvalue weighted by Gasteiger charge is -2.17. The van der Waals surface area contributed by atoms with Gasteiger partial charge in [0.2, 0.25) is 0 Å². The molecule has 0 amide bonds. The predicted molar refractivity (Wildman–Crippen MR) is 95.4 cm³/mol. The van der Waals surface area contributed by atoms with E-state index in [4.69, 9.17) is 18.9 Å². The highest BCUT2D eigenvalue weighted by atomic mass is 16.7. The van der Waals surface area contributed by atoms with Crippen LogP contribution in [0.4, 0.5) is 0 Å². The quantitative estimate of drug-likeness (QED) is 0.394. The monoisotopic (exact) mass is 342 g/mol. The molecule has 0 aliphatic heterocycles. The fourth-order valence-electron chi connectivity index (χ4n) is 2.23. The Bertz CT molecular complexity index is 709. The molecule has 0 spiro atoms. The third-order valence-electron chi connectivity index (χ3n) is 3.38. The van der Waals surface area contributed by atoms with Gasteiger partial charge in [-0.15, -0.1) is 0 Å². The van der Waals surface area contributed by atoms with Crippen molar-refractivity contribution in [2.24, 2.45) is 0 Å². The first kappa shape index (κ1) is 18.5. The Morgan fingerprint density at radius 3 is 2.32 bits per heavy atom. The number of esters is 1. The molecular formula is C20H22O5. The van der Waals surface area contributed by atoms with Gasteiger partial charge in [0.15, 0.2) is 6.79 Å². The zero-order valence-electron chi connectivity index (χ0n) is 14.5. The molecule has 0 fully saturated rings. The van der Waals surface area contributed by atoms with Crippen molar-refractivity contribution in [3.8, 4) is 11.5 Å². The molecule has 5 heteroatoms. The molecule has 0 bridgehead atoms. The van der Waals surface area contributed by atoms with Gasteiger partial charge in [0.1, 0.15) is 18.1 Å². The predicted octanol–water partition coefficient (Wildman–Crippen LogP) is 3.82. The summed E-state index contributed by atoms with van der Waals surface area (Å²) in [5.74, 6) is 0.432. The third kappa shape index (κ3) is 5.09. The van der Waals surface area contributed by atoms with Gasteiger partial charge in [0, 0.05) is 7.11 Å². The smallest absolute Gasteiger partial charge is 0.338 e. The summed E-state index contributed by atoms with van der Waals surface area (Å²) in [4.78, 5) is 12.1. The van der Waals surface area contributed by atoms with Crippen LogP contribution in [0.5, 0.6) is 11.5 Å². The molecule has 0 aliphatic carbocycles. The van der Waals surface area contributed by atoms with Crippen LogP contribution in [0.15, 0.2) is 55.1 Å². The molecule has 0 saturated heterocycles. The van der Waals surface area contributed by atoms with Gasteiger partial charge in [-0.2, -0.15) is 0 Å². The maximum atomic E-state index is 12.1. The molecule has 2 rings (SSSR count). The minimum atomic E-state index is -0.513. The van der Waals surface area contributed by atoms with Gasteiger partial charge in [0.25, 0.3) is 0 Å². The summed E-state index contributed by atoms with van der Waals surface area (Å²) in [7, 11) is 1.52. The van der Waals surface area contributed by atoms with E-state index in [0.29, 0.717) is 23.7 Å². The maximum Gasteiger partial charge on any atom is 0.338 e. The molecule has 2 aromatic carbocycles. The highest BCUT2D eigenvalue weighted by Gasteiger charge is 2.20. The van der Waals surface area contributed by atoms with Crippen LogP contribution in [-0.2, 0) is 20.9 Å². The van der Waals surface area contributed by atoms with Crippen LogP contribution in [0.25, 0.3) is 5.57 Å². The van der Waals surface area contributed by atoms with Crippen LogP contribution in [0.3, 0.4) is 0 Å². The largest absolute Gasteiger partial charge is 0.488 e. The third-order valence-corrected chi connectivity index (χ3v) is 3.38. The molecule has 0 saturated carbocycles. The van der Waals surface area contributed by atoms with Gasteiger partial charge in [-0.05, 0) is 24.6 Å². The van der Waals surface area contributed by atoms with Crippen molar-refractivity contribution < 1.29 is 23.7 Å². The molecule has 5 nitrogen and oxygen atoms in total. The molecule has 0 aliphatic rings. The summed E-state index contributed by atoms with van der Waals surface area (Å²) in [6.45, 7) is 6.26. The summed E-state index contributed by atoms with van der Waals surface area (Å²) in [5, 5.41) is 0. The van der Waals surface area contributed by atoms with E-state index >= 15 is 0 Å². The zero-order chi connectivity index (χ0) is 18.1. The second-order valence-electron chi connectivity index (χ2n) is 5.15. The fourth-order valence-corrected chi connectivity index (χ4v) is 2.23. The Hall–Kier alpha value is -2.79. The average molecular weight is 342 g/mol. The van der Waals surface area contributed by atoms with Gasteiger partial charge in [-0.3, -0.25) is 0 Å². The molecular weight excluding hydrogens is 320 g/mol. The number of methoxy groups -OCH3 is 1. The lowest BCUT2D eigenvalue weighted by atomic mass is 10.0. The van der Waals surface area contributed by atoms with Gasteiger partial charge in [-0.1, -0.05) is 43.0 Å². The standard InChI is InChI=1S/C20H22O5/c1-4-23-20(21)15(2)19-17(11-8-12-18(19)25-14-22-3)24-13-16-9-6-5-7-10-16/h5-12H,2,4,13-14H2,1,3H3. The fraction of sp³-hybridized carbons (Fsp3) is 0.250. The van der Waals surface area contributed by atoms with Gasteiger partial charge in [0.05, 0.1) is 17.7 Å². The first-order valence-electron chi connectivity index (χ1n) is 7.95. The van der Waals surface area contributed by atoms with Crippen molar-refractivity contribution in [3.05, 3.63) is 66.2 Å². The zero-order valence-corrected chi connectivity index (χ0v) is 14.5. The second kappa shape index (κ2) is 9.49. The molecule has 0 N–H and O–H groups in total. The number of carbonyl (C=O) groups is 1. The van der Waals surface area contributed by atoms with E-state index in [2.05, 4.69) is 6.58 Å². The maximum absolute atomic E-state index is 12.1. The van der Waals surface area contributed by atoms with Crippen LogP contribution in [0, 0.1) is 0 Å². The molecule has 0 aromatic heterocycles.